The zero-order valence-corrected chi connectivity index (χ0v) is 9.52. The summed E-state index contributed by atoms with van der Waals surface area (Å²) in [5, 5.41) is 18.7. The fourth-order valence-electron chi connectivity index (χ4n) is 1.77. The van der Waals surface area contributed by atoms with E-state index in [2.05, 4.69) is 0 Å². The number of amides is 1. The van der Waals surface area contributed by atoms with E-state index >= 15 is 0 Å². The van der Waals surface area contributed by atoms with Gasteiger partial charge >= 0.3 is 0 Å². The minimum absolute atomic E-state index is 0.0434. The van der Waals surface area contributed by atoms with Crippen LogP contribution in [0.1, 0.15) is 33.1 Å². The van der Waals surface area contributed by atoms with Crippen molar-refractivity contribution in [1.29, 1.82) is 0 Å². The molecule has 2 N–H and O–H groups in total. The van der Waals surface area contributed by atoms with Gasteiger partial charge < -0.3 is 15.1 Å². The highest BCUT2D eigenvalue weighted by Crippen LogP contribution is 2.17. The fraction of sp³-hybridized carbons (Fsp3) is 0.909. The number of piperidine rings is 1. The molecule has 1 amide bonds. The lowest BCUT2D eigenvalue weighted by Gasteiger charge is -2.34. The van der Waals surface area contributed by atoms with Crippen LogP contribution < -0.4 is 0 Å². The van der Waals surface area contributed by atoms with E-state index in [-0.39, 0.29) is 11.8 Å². The molecule has 0 aliphatic carbocycles. The maximum absolute atomic E-state index is 11.7. The molecule has 1 rings (SSSR count). The lowest BCUT2D eigenvalue weighted by atomic mass is 9.96. The summed E-state index contributed by atoms with van der Waals surface area (Å²) >= 11 is 0. The molecule has 1 heterocycles. The first-order valence-corrected chi connectivity index (χ1v) is 5.64. The Labute approximate surface area is 90.9 Å². The first-order chi connectivity index (χ1) is 7.00. The number of carbonyl (C=O) groups excluding carboxylic acids is 1. The number of hydrogen-bond donors (Lipinski definition) is 2. The van der Waals surface area contributed by atoms with E-state index in [1.165, 1.54) is 0 Å². The topological polar surface area (TPSA) is 60.8 Å². The molecule has 0 spiro atoms. The number of rotatable bonds is 3. The van der Waals surface area contributed by atoms with Crippen LogP contribution in [-0.4, -0.2) is 46.3 Å². The third kappa shape index (κ3) is 3.80. The molecule has 1 aliphatic heterocycles. The molecule has 88 valence electrons. The second-order valence-corrected chi connectivity index (χ2v) is 4.56. The average molecular weight is 215 g/mol. The highest BCUT2D eigenvalue weighted by molar-refractivity contribution is 5.76. The average Bonchev–Trinajstić information content (AvgIpc) is 2.18. The van der Waals surface area contributed by atoms with E-state index in [1.54, 1.807) is 11.8 Å². The highest BCUT2D eigenvalue weighted by atomic mass is 16.3. The first-order valence-electron chi connectivity index (χ1n) is 5.64. The molecule has 1 fully saturated rings. The predicted molar refractivity (Wildman–Crippen MR) is 57.3 cm³/mol. The van der Waals surface area contributed by atoms with Gasteiger partial charge in [-0.05, 0) is 25.7 Å². The van der Waals surface area contributed by atoms with Gasteiger partial charge in [0.2, 0.25) is 5.91 Å². The summed E-state index contributed by atoms with van der Waals surface area (Å²) in [6.45, 7) is 4.86. The van der Waals surface area contributed by atoms with Gasteiger partial charge in [0.15, 0.2) is 0 Å². The Morgan fingerprint density at radius 2 is 2.27 bits per heavy atom. The summed E-state index contributed by atoms with van der Waals surface area (Å²) in [6, 6.07) is 0. The molecular weight excluding hydrogens is 194 g/mol. The Hall–Kier alpha value is -0.610. The number of carbonyl (C=O) groups is 1. The smallest absolute Gasteiger partial charge is 0.222 e. The van der Waals surface area contributed by atoms with Crippen LogP contribution in [0.2, 0.25) is 0 Å². The van der Waals surface area contributed by atoms with Crippen molar-refractivity contribution in [1.82, 2.24) is 4.90 Å². The van der Waals surface area contributed by atoms with E-state index in [0.717, 1.165) is 13.0 Å². The molecule has 0 bridgehead atoms. The van der Waals surface area contributed by atoms with Crippen LogP contribution in [-0.2, 0) is 4.79 Å². The molecular formula is C11H21NO3. The Morgan fingerprint density at radius 3 is 2.80 bits per heavy atom. The SMILES string of the molecule is CC(O)CCC(=O)N1CCC(C)C(O)C1. The summed E-state index contributed by atoms with van der Waals surface area (Å²) in [5.41, 5.74) is 0. The summed E-state index contributed by atoms with van der Waals surface area (Å²) < 4.78 is 0. The number of β-amino-alcohol motifs (C(OH)–C–C–N with tert-alkyl or cyclic N) is 1. The lowest BCUT2D eigenvalue weighted by Crippen LogP contribution is -2.45. The fourth-order valence-corrected chi connectivity index (χ4v) is 1.77. The second-order valence-electron chi connectivity index (χ2n) is 4.56. The number of aliphatic hydroxyl groups excluding tert-OH is 2. The minimum atomic E-state index is -0.428. The zero-order chi connectivity index (χ0) is 11.4. The monoisotopic (exact) mass is 215 g/mol. The van der Waals surface area contributed by atoms with Gasteiger partial charge in [0, 0.05) is 19.5 Å². The van der Waals surface area contributed by atoms with Gasteiger partial charge in [-0.25, -0.2) is 0 Å². The van der Waals surface area contributed by atoms with Crippen molar-refractivity contribution in [2.24, 2.45) is 5.92 Å². The summed E-state index contributed by atoms with van der Waals surface area (Å²) in [6.07, 6.45) is 0.915. The number of likely N-dealkylation sites (tertiary alicyclic amines) is 1. The number of nitrogens with zero attached hydrogens (tertiary/aromatic N) is 1. The van der Waals surface area contributed by atoms with Crippen LogP contribution in [0.3, 0.4) is 0 Å². The van der Waals surface area contributed by atoms with E-state index in [9.17, 15) is 9.90 Å². The van der Waals surface area contributed by atoms with Gasteiger partial charge in [-0.3, -0.25) is 4.79 Å². The molecule has 4 nitrogen and oxygen atoms in total. The lowest BCUT2D eigenvalue weighted by molar-refractivity contribution is -0.136. The van der Waals surface area contributed by atoms with Crippen molar-refractivity contribution in [2.45, 2.75) is 45.3 Å². The van der Waals surface area contributed by atoms with Crippen molar-refractivity contribution in [3.63, 3.8) is 0 Å². The van der Waals surface area contributed by atoms with Crippen molar-refractivity contribution in [2.75, 3.05) is 13.1 Å². The number of aliphatic hydroxyl groups is 2. The molecule has 1 aliphatic rings. The molecule has 0 saturated carbocycles. The van der Waals surface area contributed by atoms with Crippen LogP contribution in [0, 0.1) is 5.92 Å². The zero-order valence-electron chi connectivity index (χ0n) is 9.52. The Kier molecular flexibility index (Phi) is 4.54. The Bertz CT molecular complexity index is 218. The van der Waals surface area contributed by atoms with E-state index in [0.29, 0.717) is 19.4 Å². The number of hydrogen-bond acceptors (Lipinski definition) is 3. The molecule has 0 aromatic carbocycles. The van der Waals surface area contributed by atoms with E-state index in [4.69, 9.17) is 5.11 Å². The summed E-state index contributed by atoms with van der Waals surface area (Å²) in [4.78, 5) is 13.4. The Morgan fingerprint density at radius 1 is 1.60 bits per heavy atom. The minimum Gasteiger partial charge on any atom is -0.393 e. The normalized spacial score (nSPS) is 28.9. The first kappa shape index (κ1) is 12.5. The predicted octanol–water partition coefficient (Wildman–Crippen LogP) is 0.377. The van der Waals surface area contributed by atoms with Crippen molar-refractivity contribution in [3.8, 4) is 0 Å². The molecule has 15 heavy (non-hydrogen) atoms. The highest BCUT2D eigenvalue weighted by Gasteiger charge is 2.26. The van der Waals surface area contributed by atoms with Crippen LogP contribution >= 0.6 is 0 Å². The van der Waals surface area contributed by atoms with E-state index < -0.39 is 12.2 Å². The van der Waals surface area contributed by atoms with E-state index in [1.807, 2.05) is 6.92 Å². The quantitative estimate of drug-likeness (QED) is 0.715. The summed E-state index contributed by atoms with van der Waals surface area (Å²) in [7, 11) is 0. The molecule has 4 heteroatoms. The third-order valence-electron chi connectivity index (χ3n) is 3.05. The molecule has 0 aromatic rings. The van der Waals surface area contributed by atoms with Gasteiger partial charge in [0.05, 0.1) is 12.2 Å². The van der Waals surface area contributed by atoms with Crippen LogP contribution in [0.25, 0.3) is 0 Å². The van der Waals surface area contributed by atoms with Crippen LogP contribution in [0.15, 0.2) is 0 Å². The molecule has 1 saturated heterocycles. The largest absolute Gasteiger partial charge is 0.393 e. The van der Waals surface area contributed by atoms with Gasteiger partial charge in [-0.2, -0.15) is 0 Å². The van der Waals surface area contributed by atoms with Gasteiger partial charge in [0.1, 0.15) is 0 Å². The molecule has 0 radical (unpaired) electrons. The molecule has 3 unspecified atom stereocenters. The van der Waals surface area contributed by atoms with Crippen molar-refractivity contribution in [3.05, 3.63) is 0 Å². The Balaban J connectivity index is 2.34. The molecule has 0 aromatic heterocycles. The van der Waals surface area contributed by atoms with Crippen molar-refractivity contribution >= 4 is 5.91 Å². The van der Waals surface area contributed by atoms with Crippen LogP contribution in [0.4, 0.5) is 0 Å². The van der Waals surface area contributed by atoms with Gasteiger partial charge in [-0.1, -0.05) is 6.92 Å². The van der Waals surface area contributed by atoms with Crippen LogP contribution in [0.5, 0.6) is 0 Å². The second kappa shape index (κ2) is 5.47. The van der Waals surface area contributed by atoms with Gasteiger partial charge in [0.25, 0.3) is 0 Å². The van der Waals surface area contributed by atoms with Crippen molar-refractivity contribution < 1.29 is 15.0 Å². The van der Waals surface area contributed by atoms with Gasteiger partial charge in [-0.15, -0.1) is 0 Å². The maximum atomic E-state index is 11.7. The maximum Gasteiger partial charge on any atom is 0.222 e. The standard InChI is InChI=1S/C11H21NO3/c1-8-5-6-12(7-10(8)14)11(15)4-3-9(2)13/h8-10,13-14H,3-7H2,1-2H3. The summed E-state index contributed by atoms with van der Waals surface area (Å²) in [5.74, 6) is 0.327. The third-order valence-corrected chi connectivity index (χ3v) is 3.05. The molecule has 3 atom stereocenters.